The number of H-pyrrole nitrogens is 1. The molecule has 0 radical (unpaired) electrons. The maximum Gasteiger partial charge on any atom is 0.279 e. The smallest absolute Gasteiger partial charge is 0.279 e. The minimum atomic E-state index is -2.62. The van der Waals surface area contributed by atoms with Crippen molar-refractivity contribution in [2.45, 2.75) is 6.43 Å². The average molecular weight is 397 g/mol. The summed E-state index contributed by atoms with van der Waals surface area (Å²) in [7, 11) is 0. The van der Waals surface area contributed by atoms with Crippen LogP contribution in [0.1, 0.15) is 12.1 Å². The number of hydrogen-bond acceptors (Lipinski definition) is 1. The fourth-order valence-corrected chi connectivity index (χ4v) is 2.38. The van der Waals surface area contributed by atoms with Gasteiger partial charge >= 0.3 is 0 Å². The van der Waals surface area contributed by atoms with Crippen molar-refractivity contribution in [1.82, 2.24) is 4.98 Å². The highest BCUT2D eigenvalue weighted by Crippen LogP contribution is 2.21. The van der Waals surface area contributed by atoms with E-state index in [0.29, 0.717) is 7.14 Å². The molecule has 1 aromatic rings. The van der Waals surface area contributed by atoms with E-state index in [-0.39, 0.29) is 5.69 Å². The SMILES string of the molecule is O=c1[nH]c(C(F)F)c(I)cc1I. The highest BCUT2D eigenvalue weighted by molar-refractivity contribution is 14.1. The zero-order valence-electron chi connectivity index (χ0n) is 5.57. The molecule has 1 N–H and O–H groups in total. The van der Waals surface area contributed by atoms with Gasteiger partial charge in [0.05, 0.1) is 9.26 Å². The Labute approximate surface area is 94.0 Å². The molecule has 0 unspecified atom stereocenters. The Morgan fingerprint density at radius 2 is 1.92 bits per heavy atom. The van der Waals surface area contributed by atoms with Crippen LogP contribution in [0.5, 0.6) is 0 Å². The summed E-state index contributed by atoms with van der Waals surface area (Å²) in [6, 6.07) is 1.43. The number of alkyl halides is 2. The lowest BCUT2D eigenvalue weighted by atomic mass is 10.4. The van der Waals surface area contributed by atoms with Crippen LogP contribution in [-0.4, -0.2) is 4.98 Å². The van der Waals surface area contributed by atoms with E-state index in [1.807, 2.05) is 0 Å². The molecule has 2 nitrogen and oxygen atoms in total. The van der Waals surface area contributed by atoms with E-state index in [2.05, 4.69) is 4.98 Å². The number of rotatable bonds is 1. The van der Waals surface area contributed by atoms with Gasteiger partial charge in [0.25, 0.3) is 12.0 Å². The van der Waals surface area contributed by atoms with Gasteiger partial charge in [0, 0.05) is 3.57 Å². The first-order valence-electron chi connectivity index (χ1n) is 2.88. The monoisotopic (exact) mass is 397 g/mol. The molecule has 1 heterocycles. The van der Waals surface area contributed by atoms with Gasteiger partial charge in [-0.15, -0.1) is 0 Å². The first-order valence-corrected chi connectivity index (χ1v) is 5.04. The van der Waals surface area contributed by atoms with Gasteiger partial charge in [0.15, 0.2) is 0 Å². The topological polar surface area (TPSA) is 32.9 Å². The molecule has 0 saturated carbocycles. The highest BCUT2D eigenvalue weighted by atomic mass is 127. The summed E-state index contributed by atoms with van der Waals surface area (Å²) in [4.78, 5) is 13.0. The molecule has 0 saturated heterocycles. The van der Waals surface area contributed by atoms with Crippen LogP contribution in [0.4, 0.5) is 8.78 Å². The third kappa shape index (κ3) is 2.15. The van der Waals surface area contributed by atoms with E-state index < -0.39 is 12.0 Å². The van der Waals surface area contributed by atoms with E-state index >= 15 is 0 Å². The van der Waals surface area contributed by atoms with Crippen molar-refractivity contribution in [3.63, 3.8) is 0 Å². The minimum Gasteiger partial charge on any atom is -0.319 e. The molecular weight excluding hydrogens is 394 g/mol. The van der Waals surface area contributed by atoms with Gasteiger partial charge in [0.2, 0.25) is 0 Å². The zero-order chi connectivity index (χ0) is 9.30. The normalized spacial score (nSPS) is 10.8. The third-order valence-electron chi connectivity index (χ3n) is 1.19. The van der Waals surface area contributed by atoms with Crippen LogP contribution in [0.2, 0.25) is 0 Å². The van der Waals surface area contributed by atoms with Gasteiger partial charge in [-0.25, -0.2) is 8.78 Å². The van der Waals surface area contributed by atoms with E-state index in [9.17, 15) is 13.6 Å². The van der Waals surface area contributed by atoms with E-state index in [0.717, 1.165) is 0 Å². The van der Waals surface area contributed by atoms with Gasteiger partial charge in [-0.05, 0) is 51.2 Å². The fourth-order valence-electron chi connectivity index (χ4n) is 0.655. The standard InChI is InChI=1S/C6H3F2I2NO/c7-5(8)4-2(9)1-3(10)6(12)11-4/h1,5H,(H,11,12). The van der Waals surface area contributed by atoms with Gasteiger partial charge in [-0.1, -0.05) is 0 Å². The Kier molecular flexibility index (Phi) is 3.44. The second-order valence-corrected chi connectivity index (χ2v) is 4.33. The molecule has 0 aliphatic carbocycles. The Balaban J connectivity index is 3.33. The summed E-state index contributed by atoms with van der Waals surface area (Å²) in [5, 5.41) is 0. The molecular formula is C6H3F2I2NO. The Hall–Kier alpha value is 0.270. The van der Waals surface area contributed by atoms with Crippen LogP contribution in [0.3, 0.4) is 0 Å². The largest absolute Gasteiger partial charge is 0.319 e. The Morgan fingerprint density at radius 3 is 2.42 bits per heavy atom. The average Bonchev–Trinajstić information content (AvgIpc) is 1.96. The number of halogens is 4. The summed E-state index contributed by atoms with van der Waals surface area (Å²) in [6.07, 6.45) is -2.62. The number of nitrogens with one attached hydrogen (secondary N) is 1. The summed E-state index contributed by atoms with van der Waals surface area (Å²) < 4.78 is 25.1. The van der Waals surface area contributed by atoms with Gasteiger partial charge < -0.3 is 4.98 Å². The second-order valence-electron chi connectivity index (χ2n) is 2.01. The molecule has 0 atom stereocenters. The lowest BCUT2D eigenvalue weighted by Gasteiger charge is -2.02. The quantitative estimate of drug-likeness (QED) is 0.727. The molecule has 1 rings (SSSR count). The molecule has 0 aliphatic heterocycles. The maximum atomic E-state index is 12.2. The Bertz CT molecular complexity index is 350. The van der Waals surface area contributed by atoms with Crippen LogP contribution in [-0.2, 0) is 0 Å². The van der Waals surface area contributed by atoms with Crippen LogP contribution in [0.25, 0.3) is 0 Å². The number of hydrogen-bond donors (Lipinski definition) is 1. The predicted molar refractivity (Wildman–Crippen MR) is 57.5 cm³/mol. The lowest BCUT2D eigenvalue weighted by molar-refractivity contribution is 0.144. The van der Waals surface area contributed by atoms with Crippen LogP contribution in [0.15, 0.2) is 10.9 Å². The fraction of sp³-hybridized carbons (Fsp3) is 0.167. The van der Waals surface area contributed by atoms with Crippen molar-refractivity contribution in [2.75, 3.05) is 0 Å². The Morgan fingerprint density at radius 1 is 1.33 bits per heavy atom. The van der Waals surface area contributed by atoms with E-state index in [4.69, 9.17) is 0 Å². The zero-order valence-corrected chi connectivity index (χ0v) is 9.89. The van der Waals surface area contributed by atoms with E-state index in [1.54, 1.807) is 45.2 Å². The molecule has 66 valence electrons. The summed E-state index contributed by atoms with van der Waals surface area (Å²) in [5.74, 6) is 0. The summed E-state index contributed by atoms with van der Waals surface area (Å²) in [5.41, 5.74) is -0.771. The molecule has 0 fully saturated rings. The molecule has 0 aromatic carbocycles. The predicted octanol–water partition coefficient (Wildman–Crippen LogP) is 2.52. The molecule has 1 aromatic heterocycles. The number of pyridine rings is 1. The molecule has 0 amide bonds. The van der Waals surface area contributed by atoms with Gasteiger partial charge in [0.1, 0.15) is 0 Å². The third-order valence-corrected chi connectivity index (χ3v) is 2.89. The maximum absolute atomic E-state index is 12.2. The van der Waals surface area contributed by atoms with Crippen molar-refractivity contribution < 1.29 is 8.78 Å². The summed E-state index contributed by atoms with van der Waals surface area (Å²) in [6.45, 7) is 0. The van der Waals surface area contributed by atoms with Crippen LogP contribution < -0.4 is 5.56 Å². The van der Waals surface area contributed by atoms with Crippen molar-refractivity contribution in [2.24, 2.45) is 0 Å². The summed E-state index contributed by atoms with van der Waals surface area (Å²) >= 11 is 3.56. The highest BCUT2D eigenvalue weighted by Gasteiger charge is 2.13. The van der Waals surface area contributed by atoms with Gasteiger partial charge in [-0.3, -0.25) is 4.79 Å². The number of aromatic nitrogens is 1. The molecule has 0 bridgehead atoms. The first kappa shape index (κ1) is 10.4. The van der Waals surface area contributed by atoms with Crippen molar-refractivity contribution in [3.05, 3.63) is 29.3 Å². The molecule has 0 spiro atoms. The second kappa shape index (κ2) is 3.99. The van der Waals surface area contributed by atoms with Crippen LogP contribution >= 0.6 is 45.2 Å². The van der Waals surface area contributed by atoms with Crippen molar-refractivity contribution in [1.29, 1.82) is 0 Å². The first-order chi connectivity index (χ1) is 5.52. The van der Waals surface area contributed by atoms with Crippen molar-refractivity contribution in [3.8, 4) is 0 Å². The lowest BCUT2D eigenvalue weighted by Crippen LogP contribution is -2.13. The number of aromatic amines is 1. The van der Waals surface area contributed by atoms with Gasteiger partial charge in [-0.2, -0.15) is 0 Å². The van der Waals surface area contributed by atoms with Crippen molar-refractivity contribution >= 4 is 45.2 Å². The molecule has 12 heavy (non-hydrogen) atoms. The molecule has 6 heteroatoms. The van der Waals surface area contributed by atoms with E-state index in [1.165, 1.54) is 6.07 Å². The van der Waals surface area contributed by atoms with Crippen LogP contribution in [0, 0.1) is 7.14 Å². The molecule has 0 aliphatic rings. The minimum absolute atomic E-state index is 0.305.